The Hall–Kier alpha value is -2.62. The first-order valence-electron chi connectivity index (χ1n) is 9.61. The van der Waals surface area contributed by atoms with Gasteiger partial charge in [-0.15, -0.1) is 0 Å². The van der Waals surface area contributed by atoms with Gasteiger partial charge in [-0.25, -0.2) is 8.42 Å². The van der Waals surface area contributed by atoms with Crippen LogP contribution in [0.15, 0.2) is 53.4 Å². The minimum Gasteiger partial charge on any atom is -0.497 e. The van der Waals surface area contributed by atoms with Crippen LogP contribution in [0.25, 0.3) is 0 Å². The molecule has 0 atom stereocenters. The fourth-order valence-electron chi connectivity index (χ4n) is 3.17. The molecular formula is C21H26N2O6S. The summed E-state index contributed by atoms with van der Waals surface area (Å²) in [7, 11) is -0.500. The van der Waals surface area contributed by atoms with Crippen LogP contribution in [-0.2, 0) is 14.8 Å². The predicted molar refractivity (Wildman–Crippen MR) is 111 cm³/mol. The number of benzene rings is 2. The van der Waals surface area contributed by atoms with Crippen LogP contribution in [0.4, 0.5) is 0 Å². The van der Waals surface area contributed by atoms with Crippen molar-refractivity contribution in [1.29, 1.82) is 0 Å². The molecular weight excluding hydrogens is 408 g/mol. The summed E-state index contributed by atoms with van der Waals surface area (Å²) in [6.07, 6.45) is 0. The van der Waals surface area contributed by atoms with Crippen LogP contribution in [0.3, 0.4) is 0 Å². The zero-order chi connectivity index (χ0) is 21.6. The zero-order valence-electron chi connectivity index (χ0n) is 17.1. The van der Waals surface area contributed by atoms with E-state index in [0.29, 0.717) is 43.4 Å². The number of hydrogen-bond donors (Lipinski definition) is 0. The summed E-state index contributed by atoms with van der Waals surface area (Å²) in [5.74, 6) is 1.06. The first kappa shape index (κ1) is 22.1. The standard InChI is InChI=1S/C21H26N2O6S/c1-27-14-15-29-18-6-8-20(9-7-18)30(25,26)23-12-10-22(11-13-23)21(24)17-4-3-5-19(16-17)28-2/h3-9,16H,10-15H2,1-2H3. The summed E-state index contributed by atoms with van der Waals surface area (Å²) in [6.45, 7) is 1.99. The van der Waals surface area contributed by atoms with Crippen LogP contribution in [0.2, 0.25) is 0 Å². The molecule has 0 N–H and O–H groups in total. The van der Waals surface area contributed by atoms with Gasteiger partial charge in [0.25, 0.3) is 5.91 Å². The van der Waals surface area contributed by atoms with E-state index in [9.17, 15) is 13.2 Å². The molecule has 1 heterocycles. The van der Waals surface area contributed by atoms with E-state index in [0.717, 1.165) is 0 Å². The third kappa shape index (κ3) is 5.10. The third-order valence-corrected chi connectivity index (χ3v) is 6.77. The normalized spacial score (nSPS) is 15.1. The van der Waals surface area contributed by atoms with Gasteiger partial charge in [0.2, 0.25) is 10.0 Å². The van der Waals surface area contributed by atoms with Gasteiger partial charge in [0.05, 0.1) is 18.6 Å². The van der Waals surface area contributed by atoms with Crippen LogP contribution in [0, 0.1) is 0 Å². The highest BCUT2D eigenvalue weighted by atomic mass is 32.2. The molecule has 1 fully saturated rings. The van der Waals surface area contributed by atoms with E-state index >= 15 is 0 Å². The molecule has 162 valence electrons. The van der Waals surface area contributed by atoms with E-state index in [1.165, 1.54) is 16.4 Å². The van der Waals surface area contributed by atoms with Gasteiger partial charge in [-0.1, -0.05) is 6.07 Å². The van der Waals surface area contributed by atoms with Crippen molar-refractivity contribution in [3.05, 3.63) is 54.1 Å². The Kier molecular flexibility index (Phi) is 7.30. The molecule has 1 amide bonds. The number of piperazine rings is 1. The molecule has 1 saturated heterocycles. The van der Waals surface area contributed by atoms with E-state index in [1.54, 1.807) is 55.5 Å². The second-order valence-corrected chi connectivity index (χ2v) is 8.68. The SMILES string of the molecule is COCCOc1ccc(S(=O)(=O)N2CCN(C(=O)c3cccc(OC)c3)CC2)cc1. The van der Waals surface area contributed by atoms with Crippen LogP contribution in [-0.4, -0.2) is 77.1 Å². The number of sulfonamides is 1. The zero-order valence-corrected chi connectivity index (χ0v) is 17.9. The van der Waals surface area contributed by atoms with Crippen molar-refractivity contribution in [2.24, 2.45) is 0 Å². The molecule has 0 unspecified atom stereocenters. The maximum Gasteiger partial charge on any atom is 0.254 e. The molecule has 8 nitrogen and oxygen atoms in total. The van der Waals surface area contributed by atoms with Crippen LogP contribution < -0.4 is 9.47 Å². The molecule has 1 aliphatic heterocycles. The van der Waals surface area contributed by atoms with E-state index in [1.807, 2.05) is 0 Å². The Bertz CT molecular complexity index is 954. The number of ether oxygens (including phenoxy) is 3. The number of carbonyl (C=O) groups excluding carboxylic acids is 1. The van der Waals surface area contributed by atoms with Gasteiger partial charge in [-0.3, -0.25) is 4.79 Å². The minimum absolute atomic E-state index is 0.136. The molecule has 0 bridgehead atoms. The van der Waals surface area contributed by atoms with Gasteiger partial charge in [-0.05, 0) is 42.5 Å². The maximum absolute atomic E-state index is 12.9. The average molecular weight is 435 g/mol. The molecule has 0 spiro atoms. The largest absolute Gasteiger partial charge is 0.497 e. The first-order chi connectivity index (χ1) is 14.5. The highest BCUT2D eigenvalue weighted by Crippen LogP contribution is 2.22. The molecule has 1 aliphatic rings. The van der Waals surface area contributed by atoms with Gasteiger partial charge in [-0.2, -0.15) is 4.31 Å². The lowest BCUT2D eigenvalue weighted by molar-refractivity contribution is 0.0697. The number of carbonyl (C=O) groups is 1. The lowest BCUT2D eigenvalue weighted by Crippen LogP contribution is -2.50. The van der Waals surface area contributed by atoms with Crippen molar-refractivity contribution in [3.63, 3.8) is 0 Å². The summed E-state index contributed by atoms with van der Waals surface area (Å²) in [6, 6.07) is 13.3. The molecule has 0 radical (unpaired) electrons. The quantitative estimate of drug-likeness (QED) is 0.590. The third-order valence-electron chi connectivity index (χ3n) is 4.86. The van der Waals surface area contributed by atoms with Crippen LogP contribution in [0.5, 0.6) is 11.5 Å². The van der Waals surface area contributed by atoms with Crippen molar-refractivity contribution in [1.82, 2.24) is 9.21 Å². The van der Waals surface area contributed by atoms with E-state index in [-0.39, 0.29) is 23.9 Å². The molecule has 9 heteroatoms. The van der Waals surface area contributed by atoms with Crippen molar-refractivity contribution in [3.8, 4) is 11.5 Å². The van der Waals surface area contributed by atoms with Crippen LogP contribution in [0.1, 0.15) is 10.4 Å². The van der Waals surface area contributed by atoms with Gasteiger partial charge in [0.15, 0.2) is 0 Å². The number of methoxy groups -OCH3 is 2. The van der Waals surface area contributed by atoms with Gasteiger partial charge < -0.3 is 19.1 Å². The Labute approximate surface area is 177 Å². The summed E-state index contributed by atoms with van der Waals surface area (Å²) >= 11 is 0. The molecule has 3 rings (SSSR count). The second kappa shape index (κ2) is 9.92. The maximum atomic E-state index is 12.9. The van der Waals surface area contributed by atoms with E-state index in [4.69, 9.17) is 14.2 Å². The van der Waals surface area contributed by atoms with Crippen LogP contribution >= 0.6 is 0 Å². The monoisotopic (exact) mass is 434 g/mol. The number of hydrogen-bond acceptors (Lipinski definition) is 6. The van der Waals surface area contributed by atoms with Crippen molar-refractivity contribution >= 4 is 15.9 Å². The lowest BCUT2D eigenvalue weighted by atomic mass is 10.1. The second-order valence-electron chi connectivity index (χ2n) is 6.74. The summed E-state index contributed by atoms with van der Waals surface area (Å²) in [5, 5.41) is 0. The topological polar surface area (TPSA) is 85.4 Å². The Morgan fingerprint density at radius 1 is 0.933 bits per heavy atom. The lowest BCUT2D eigenvalue weighted by Gasteiger charge is -2.34. The number of amides is 1. The van der Waals surface area contributed by atoms with Gasteiger partial charge in [0.1, 0.15) is 18.1 Å². The highest BCUT2D eigenvalue weighted by Gasteiger charge is 2.30. The minimum atomic E-state index is -3.63. The fourth-order valence-corrected chi connectivity index (χ4v) is 4.59. The number of nitrogens with zero attached hydrogens (tertiary/aromatic N) is 2. The molecule has 0 saturated carbocycles. The molecule has 0 aromatic heterocycles. The predicted octanol–water partition coefficient (Wildman–Crippen LogP) is 1.87. The summed E-state index contributed by atoms with van der Waals surface area (Å²) < 4.78 is 42.8. The van der Waals surface area contributed by atoms with Gasteiger partial charge >= 0.3 is 0 Å². The summed E-state index contributed by atoms with van der Waals surface area (Å²) in [5.41, 5.74) is 0.523. The van der Waals surface area contributed by atoms with Crippen molar-refractivity contribution < 1.29 is 27.4 Å². The molecule has 2 aromatic carbocycles. The Morgan fingerprint density at radius 2 is 1.63 bits per heavy atom. The fraction of sp³-hybridized carbons (Fsp3) is 0.381. The van der Waals surface area contributed by atoms with E-state index < -0.39 is 10.0 Å². The van der Waals surface area contributed by atoms with Gasteiger partial charge in [0, 0.05) is 38.9 Å². The van der Waals surface area contributed by atoms with E-state index in [2.05, 4.69) is 0 Å². The summed E-state index contributed by atoms with van der Waals surface area (Å²) in [4.78, 5) is 14.6. The van der Waals surface area contributed by atoms with Crippen molar-refractivity contribution in [2.45, 2.75) is 4.90 Å². The Morgan fingerprint density at radius 3 is 2.27 bits per heavy atom. The average Bonchev–Trinajstić information content (AvgIpc) is 2.79. The Balaban J connectivity index is 1.61. The first-order valence-corrected chi connectivity index (χ1v) is 11.0. The van der Waals surface area contributed by atoms with Crippen molar-refractivity contribution in [2.75, 3.05) is 53.6 Å². The molecule has 2 aromatic rings. The highest BCUT2D eigenvalue weighted by molar-refractivity contribution is 7.89. The number of rotatable bonds is 8. The molecule has 30 heavy (non-hydrogen) atoms. The molecule has 0 aliphatic carbocycles. The smallest absolute Gasteiger partial charge is 0.254 e.